The van der Waals surface area contributed by atoms with Gasteiger partial charge in [-0.3, -0.25) is 9.35 Å². The monoisotopic (exact) mass is 218 g/mol. The quantitative estimate of drug-likeness (QED) is 0.555. The maximum absolute atomic E-state index is 10.9. The summed E-state index contributed by atoms with van der Waals surface area (Å²) >= 11 is 0. The van der Waals surface area contributed by atoms with Gasteiger partial charge in [0.1, 0.15) is 0 Å². The molecule has 1 heterocycles. The Morgan fingerprint density at radius 1 is 1.43 bits per heavy atom. The Labute approximate surface area is 79.7 Å². The van der Waals surface area contributed by atoms with Gasteiger partial charge in [0.15, 0.2) is 11.5 Å². The van der Waals surface area contributed by atoms with Gasteiger partial charge in [-0.2, -0.15) is 8.42 Å². The first-order chi connectivity index (χ1) is 6.40. The van der Waals surface area contributed by atoms with Crippen LogP contribution in [0.1, 0.15) is 17.4 Å². The van der Waals surface area contributed by atoms with Crippen LogP contribution in [0.5, 0.6) is 5.88 Å². The highest BCUT2D eigenvalue weighted by atomic mass is 32.3. The molecule has 1 aromatic rings. The molecule has 0 saturated carbocycles. The molecule has 0 aliphatic rings. The van der Waals surface area contributed by atoms with Crippen molar-refractivity contribution < 1.29 is 21.9 Å². The predicted octanol–water partition coefficient (Wildman–Crippen LogP) is -0.139. The first-order valence-corrected chi connectivity index (χ1v) is 4.75. The third-order valence-corrected chi connectivity index (χ3v) is 1.55. The lowest BCUT2D eigenvalue weighted by Crippen LogP contribution is -2.12. The minimum absolute atomic E-state index is 0.259. The van der Waals surface area contributed by atoms with Crippen molar-refractivity contribution in [1.82, 2.24) is 9.97 Å². The standard InChI is InChI=1S/C6H6N2O5S/c1-4(9)5-6(8-3-2-7-5)13-14(10,11)12/h2-3H,1H3,(H,10,11,12). The van der Waals surface area contributed by atoms with Crippen LogP contribution in [0, 0.1) is 0 Å². The number of Topliss-reactive ketones (excluding diaryl/α,β-unsaturated/α-hetero) is 1. The van der Waals surface area contributed by atoms with Crippen LogP contribution in [-0.4, -0.2) is 28.7 Å². The maximum Gasteiger partial charge on any atom is 0.448 e. The summed E-state index contributed by atoms with van der Waals surface area (Å²) in [7, 11) is -4.69. The van der Waals surface area contributed by atoms with E-state index in [1.54, 1.807) is 0 Å². The molecule has 76 valence electrons. The summed E-state index contributed by atoms with van der Waals surface area (Å²) in [5.41, 5.74) is -0.259. The van der Waals surface area contributed by atoms with E-state index in [0.717, 1.165) is 6.20 Å². The van der Waals surface area contributed by atoms with Gasteiger partial charge in [0, 0.05) is 19.3 Å². The molecule has 1 aromatic heterocycles. The van der Waals surface area contributed by atoms with E-state index >= 15 is 0 Å². The first-order valence-electron chi connectivity index (χ1n) is 3.39. The average Bonchev–Trinajstić information content (AvgIpc) is 2.01. The number of hydrogen-bond donors (Lipinski definition) is 1. The summed E-state index contributed by atoms with van der Waals surface area (Å²) in [6.07, 6.45) is 2.33. The van der Waals surface area contributed by atoms with Crippen molar-refractivity contribution in [3.05, 3.63) is 18.1 Å². The first kappa shape index (κ1) is 10.5. The zero-order chi connectivity index (χ0) is 10.8. The summed E-state index contributed by atoms with van der Waals surface area (Å²) in [4.78, 5) is 17.9. The van der Waals surface area contributed by atoms with Crippen LogP contribution in [0.3, 0.4) is 0 Å². The van der Waals surface area contributed by atoms with Gasteiger partial charge in [-0.1, -0.05) is 0 Å². The van der Waals surface area contributed by atoms with Gasteiger partial charge in [0.2, 0.25) is 0 Å². The highest BCUT2D eigenvalue weighted by Crippen LogP contribution is 2.13. The fourth-order valence-corrected chi connectivity index (χ4v) is 1.05. The van der Waals surface area contributed by atoms with Gasteiger partial charge in [-0.15, -0.1) is 0 Å². The molecule has 7 nitrogen and oxygen atoms in total. The van der Waals surface area contributed by atoms with Gasteiger partial charge < -0.3 is 4.18 Å². The van der Waals surface area contributed by atoms with Crippen molar-refractivity contribution in [3.8, 4) is 5.88 Å². The fraction of sp³-hybridized carbons (Fsp3) is 0.167. The largest absolute Gasteiger partial charge is 0.448 e. The Morgan fingerprint density at radius 3 is 2.50 bits per heavy atom. The molecular weight excluding hydrogens is 212 g/mol. The van der Waals surface area contributed by atoms with Gasteiger partial charge in [0.25, 0.3) is 5.88 Å². The summed E-state index contributed by atoms with van der Waals surface area (Å²) in [5.74, 6) is -1.06. The van der Waals surface area contributed by atoms with E-state index in [1.165, 1.54) is 13.1 Å². The fourth-order valence-electron chi connectivity index (χ4n) is 0.727. The van der Waals surface area contributed by atoms with Crippen molar-refractivity contribution in [2.75, 3.05) is 0 Å². The third-order valence-electron chi connectivity index (χ3n) is 1.18. The van der Waals surface area contributed by atoms with Gasteiger partial charge >= 0.3 is 10.4 Å². The molecule has 0 amide bonds. The van der Waals surface area contributed by atoms with E-state index in [4.69, 9.17) is 4.55 Å². The summed E-state index contributed by atoms with van der Waals surface area (Å²) < 4.78 is 33.0. The molecule has 0 bridgehead atoms. The molecule has 0 atom stereocenters. The zero-order valence-corrected chi connectivity index (χ0v) is 7.85. The number of aromatic nitrogens is 2. The minimum atomic E-state index is -4.69. The van der Waals surface area contributed by atoms with Crippen molar-refractivity contribution in [2.45, 2.75) is 6.92 Å². The molecule has 0 radical (unpaired) electrons. The summed E-state index contributed by atoms with van der Waals surface area (Å²) in [6.45, 7) is 1.17. The lowest BCUT2D eigenvalue weighted by atomic mass is 10.3. The maximum atomic E-state index is 10.9. The number of hydrogen-bond acceptors (Lipinski definition) is 6. The molecule has 1 rings (SSSR count). The second-order valence-corrected chi connectivity index (χ2v) is 3.30. The Bertz CT molecular complexity index is 455. The van der Waals surface area contributed by atoms with E-state index < -0.39 is 22.1 Å². The Hall–Kier alpha value is -1.54. The zero-order valence-electron chi connectivity index (χ0n) is 7.04. The van der Waals surface area contributed by atoms with Crippen LogP contribution in [-0.2, 0) is 10.4 Å². The molecule has 8 heteroatoms. The van der Waals surface area contributed by atoms with Crippen molar-refractivity contribution >= 4 is 16.2 Å². The lowest BCUT2D eigenvalue weighted by molar-refractivity contribution is 0.101. The van der Waals surface area contributed by atoms with E-state index in [9.17, 15) is 13.2 Å². The molecular formula is C6H6N2O5S. The molecule has 0 unspecified atom stereocenters. The van der Waals surface area contributed by atoms with Crippen LogP contribution in [0.15, 0.2) is 12.4 Å². The Balaban J connectivity index is 3.15. The van der Waals surface area contributed by atoms with Gasteiger partial charge in [-0.25, -0.2) is 9.97 Å². The van der Waals surface area contributed by atoms with Gasteiger partial charge in [0.05, 0.1) is 0 Å². The second kappa shape index (κ2) is 3.68. The van der Waals surface area contributed by atoms with Crippen LogP contribution < -0.4 is 4.18 Å². The predicted molar refractivity (Wildman–Crippen MR) is 44.2 cm³/mol. The van der Waals surface area contributed by atoms with Crippen molar-refractivity contribution in [2.24, 2.45) is 0 Å². The van der Waals surface area contributed by atoms with E-state index in [0.29, 0.717) is 0 Å². The van der Waals surface area contributed by atoms with Crippen LogP contribution in [0.4, 0.5) is 0 Å². The highest BCUT2D eigenvalue weighted by molar-refractivity contribution is 7.81. The summed E-state index contributed by atoms with van der Waals surface area (Å²) in [6, 6.07) is 0. The van der Waals surface area contributed by atoms with Crippen LogP contribution in [0.25, 0.3) is 0 Å². The lowest BCUT2D eigenvalue weighted by Gasteiger charge is -2.02. The Kier molecular flexibility index (Phi) is 2.77. The molecule has 0 aliphatic carbocycles. The topological polar surface area (TPSA) is 106 Å². The minimum Gasteiger partial charge on any atom is -0.338 e. The molecule has 0 fully saturated rings. The number of rotatable bonds is 3. The smallest absolute Gasteiger partial charge is 0.338 e. The number of carbonyl (C=O) groups is 1. The van der Waals surface area contributed by atoms with Crippen molar-refractivity contribution in [3.63, 3.8) is 0 Å². The third kappa shape index (κ3) is 2.75. The number of nitrogens with zero attached hydrogens (tertiary/aromatic N) is 2. The molecule has 0 aromatic carbocycles. The van der Waals surface area contributed by atoms with E-state index in [-0.39, 0.29) is 5.69 Å². The average molecular weight is 218 g/mol. The Morgan fingerprint density at radius 2 is 2.00 bits per heavy atom. The summed E-state index contributed by atoms with van der Waals surface area (Å²) in [5, 5.41) is 0. The second-order valence-electron chi connectivity index (χ2n) is 2.28. The molecule has 0 spiro atoms. The molecule has 14 heavy (non-hydrogen) atoms. The highest BCUT2D eigenvalue weighted by Gasteiger charge is 2.16. The van der Waals surface area contributed by atoms with E-state index in [1.807, 2.05) is 0 Å². The number of ketones is 1. The van der Waals surface area contributed by atoms with Gasteiger partial charge in [-0.05, 0) is 0 Å². The van der Waals surface area contributed by atoms with Crippen molar-refractivity contribution in [1.29, 1.82) is 0 Å². The molecule has 1 N–H and O–H groups in total. The SMILES string of the molecule is CC(=O)c1nccnc1OS(=O)(=O)O. The molecule has 0 aliphatic heterocycles. The normalized spacial score (nSPS) is 11.0. The van der Waals surface area contributed by atoms with Crippen LogP contribution >= 0.6 is 0 Å². The number of carbonyl (C=O) groups excluding carboxylic acids is 1. The van der Waals surface area contributed by atoms with Crippen LogP contribution in [0.2, 0.25) is 0 Å². The van der Waals surface area contributed by atoms with E-state index in [2.05, 4.69) is 14.2 Å². The molecule has 0 saturated heterocycles.